The fourth-order valence-electron chi connectivity index (χ4n) is 4.56. The third-order valence-electron chi connectivity index (χ3n) is 6.61. The van der Waals surface area contributed by atoms with E-state index < -0.39 is 12.1 Å². The summed E-state index contributed by atoms with van der Waals surface area (Å²) in [6.45, 7) is 7.65. The van der Waals surface area contributed by atoms with Gasteiger partial charge in [0.1, 0.15) is 6.10 Å². The quantitative estimate of drug-likeness (QED) is 0.636. The Balaban J connectivity index is 1.67. The van der Waals surface area contributed by atoms with Gasteiger partial charge in [0.2, 0.25) is 5.91 Å². The van der Waals surface area contributed by atoms with Crippen molar-refractivity contribution in [2.75, 3.05) is 46.9 Å². The first kappa shape index (κ1) is 24.5. The number of nitrogens with one attached hydrogen (secondary N) is 2. The molecule has 2 saturated heterocycles. The van der Waals surface area contributed by atoms with Crippen molar-refractivity contribution in [2.45, 2.75) is 51.0 Å². The van der Waals surface area contributed by atoms with E-state index in [0.717, 1.165) is 38.0 Å². The molecule has 178 valence electrons. The van der Waals surface area contributed by atoms with Crippen molar-refractivity contribution in [3.05, 3.63) is 35.9 Å². The summed E-state index contributed by atoms with van der Waals surface area (Å²) in [6.07, 6.45) is 0.970. The molecular weight excluding hydrogens is 408 g/mol. The number of ether oxygens (including phenoxy) is 2. The summed E-state index contributed by atoms with van der Waals surface area (Å²) in [5.74, 6) is -0.433. The van der Waals surface area contributed by atoms with Crippen LogP contribution in [-0.2, 0) is 14.3 Å². The Bertz CT molecular complexity index is 733. The summed E-state index contributed by atoms with van der Waals surface area (Å²) in [5, 5.41) is 6.51. The molecule has 3 rings (SSSR count). The van der Waals surface area contributed by atoms with Gasteiger partial charge in [0.25, 0.3) is 0 Å². The number of benzene rings is 1. The lowest BCUT2D eigenvalue weighted by atomic mass is 9.94. The Morgan fingerprint density at radius 1 is 1.12 bits per heavy atom. The number of hydrogen-bond donors (Lipinski definition) is 2. The molecule has 0 bridgehead atoms. The predicted octanol–water partition coefficient (Wildman–Crippen LogP) is 2.02. The van der Waals surface area contributed by atoms with Crippen LogP contribution in [0, 0.1) is 5.92 Å². The molecule has 2 heterocycles. The zero-order valence-corrected chi connectivity index (χ0v) is 19.8. The molecule has 1 aromatic carbocycles. The number of carbonyl (C=O) groups excluding carboxylic acids is 2. The highest BCUT2D eigenvalue weighted by Gasteiger charge is 2.35. The summed E-state index contributed by atoms with van der Waals surface area (Å²) in [6, 6.07) is 9.38. The molecule has 2 amide bonds. The summed E-state index contributed by atoms with van der Waals surface area (Å²) in [5.41, 5.74) is 0.858. The number of likely N-dealkylation sites (N-methyl/N-ethyl adjacent to an activating group) is 1. The summed E-state index contributed by atoms with van der Waals surface area (Å²) in [4.78, 5) is 29.9. The Morgan fingerprint density at radius 2 is 1.81 bits per heavy atom. The molecule has 0 saturated carbocycles. The summed E-state index contributed by atoms with van der Waals surface area (Å²) < 4.78 is 11.6. The molecule has 0 aliphatic carbocycles. The number of rotatable bonds is 8. The molecule has 8 heteroatoms. The maximum absolute atomic E-state index is 13.1. The average molecular weight is 447 g/mol. The first-order valence-electron chi connectivity index (χ1n) is 11.7. The van der Waals surface area contributed by atoms with Gasteiger partial charge in [0.05, 0.1) is 18.1 Å². The Labute approximate surface area is 191 Å². The van der Waals surface area contributed by atoms with Crippen molar-refractivity contribution in [2.24, 2.45) is 5.92 Å². The minimum Gasteiger partial charge on any atom is -0.439 e. The van der Waals surface area contributed by atoms with E-state index >= 15 is 0 Å². The topological polar surface area (TPSA) is 83.1 Å². The average Bonchev–Trinajstić information content (AvgIpc) is 3.33. The first-order valence-corrected chi connectivity index (χ1v) is 11.7. The van der Waals surface area contributed by atoms with E-state index in [1.54, 1.807) is 12.0 Å². The molecule has 1 aromatic rings. The fourth-order valence-corrected chi connectivity index (χ4v) is 4.56. The lowest BCUT2D eigenvalue weighted by Gasteiger charge is -2.34. The summed E-state index contributed by atoms with van der Waals surface area (Å²) in [7, 11) is 3.70. The van der Waals surface area contributed by atoms with E-state index in [1.807, 2.05) is 51.2 Å². The molecule has 2 aliphatic rings. The third-order valence-corrected chi connectivity index (χ3v) is 6.61. The predicted molar refractivity (Wildman–Crippen MR) is 123 cm³/mol. The SMILES string of the molecule is CO[C@@H]([C@@H]1CCCN1)[C@@H](C)C(=O)N[C@H](C)[C@@H](OC(=O)N1CCN(C)CC1)c1ccccc1. The van der Waals surface area contributed by atoms with Crippen LogP contribution in [0.4, 0.5) is 4.79 Å². The van der Waals surface area contributed by atoms with Gasteiger partial charge in [-0.15, -0.1) is 0 Å². The van der Waals surface area contributed by atoms with Crippen molar-refractivity contribution < 1.29 is 19.1 Å². The normalized spacial score (nSPS) is 23.2. The van der Waals surface area contributed by atoms with E-state index in [0.29, 0.717) is 13.1 Å². The van der Waals surface area contributed by atoms with Gasteiger partial charge in [-0.25, -0.2) is 4.79 Å². The van der Waals surface area contributed by atoms with E-state index in [4.69, 9.17) is 9.47 Å². The van der Waals surface area contributed by atoms with Gasteiger partial charge in [-0.2, -0.15) is 0 Å². The number of piperazine rings is 1. The van der Waals surface area contributed by atoms with Crippen LogP contribution in [0.3, 0.4) is 0 Å². The molecule has 32 heavy (non-hydrogen) atoms. The first-order chi connectivity index (χ1) is 15.4. The number of nitrogens with zero attached hydrogens (tertiary/aromatic N) is 2. The van der Waals surface area contributed by atoms with Crippen LogP contribution in [0.5, 0.6) is 0 Å². The van der Waals surface area contributed by atoms with Crippen molar-refractivity contribution in [1.82, 2.24) is 20.4 Å². The molecule has 8 nitrogen and oxygen atoms in total. The van der Waals surface area contributed by atoms with Gasteiger partial charge < -0.3 is 29.9 Å². The van der Waals surface area contributed by atoms with E-state index in [-0.39, 0.29) is 30.1 Å². The van der Waals surface area contributed by atoms with Crippen LogP contribution in [0.15, 0.2) is 30.3 Å². The molecule has 0 radical (unpaired) electrons. The van der Waals surface area contributed by atoms with Crippen molar-refractivity contribution in [1.29, 1.82) is 0 Å². The highest BCUT2D eigenvalue weighted by molar-refractivity contribution is 5.79. The minimum atomic E-state index is -0.579. The second-order valence-corrected chi connectivity index (χ2v) is 8.99. The largest absolute Gasteiger partial charge is 0.439 e. The molecular formula is C24H38N4O4. The highest BCUT2D eigenvalue weighted by atomic mass is 16.6. The monoisotopic (exact) mass is 446 g/mol. The minimum absolute atomic E-state index is 0.102. The van der Waals surface area contributed by atoms with Gasteiger partial charge in [-0.05, 0) is 38.9 Å². The van der Waals surface area contributed by atoms with Crippen LogP contribution >= 0.6 is 0 Å². The van der Waals surface area contributed by atoms with E-state index in [9.17, 15) is 9.59 Å². The lowest BCUT2D eigenvalue weighted by molar-refractivity contribution is -0.131. The zero-order valence-electron chi connectivity index (χ0n) is 19.8. The van der Waals surface area contributed by atoms with Gasteiger partial charge in [-0.3, -0.25) is 4.79 Å². The Kier molecular flexibility index (Phi) is 8.90. The van der Waals surface area contributed by atoms with Crippen LogP contribution in [0.1, 0.15) is 38.4 Å². The zero-order chi connectivity index (χ0) is 23.1. The summed E-state index contributed by atoms with van der Waals surface area (Å²) >= 11 is 0. The van der Waals surface area contributed by atoms with Gasteiger partial charge >= 0.3 is 6.09 Å². The highest BCUT2D eigenvalue weighted by Crippen LogP contribution is 2.24. The molecule has 2 aliphatic heterocycles. The maximum Gasteiger partial charge on any atom is 0.410 e. The molecule has 2 fully saturated rings. The van der Waals surface area contributed by atoms with Crippen molar-refractivity contribution in [3.8, 4) is 0 Å². The van der Waals surface area contributed by atoms with E-state index in [2.05, 4.69) is 15.5 Å². The third kappa shape index (κ3) is 6.21. The molecule has 5 atom stereocenters. The molecule has 0 unspecified atom stereocenters. The van der Waals surface area contributed by atoms with Crippen LogP contribution in [0.25, 0.3) is 0 Å². The number of hydrogen-bond acceptors (Lipinski definition) is 6. The standard InChI is InChI=1S/C24H38N4O4/c1-17(21(31-4)20-11-8-12-25-20)23(29)26-18(2)22(19-9-6-5-7-10-19)32-24(30)28-15-13-27(3)14-16-28/h5-7,9-10,17-18,20-22,25H,8,11-16H2,1-4H3,(H,26,29)/t17-,18-,20+,21-,22-/m1/s1. The number of carbonyl (C=O) groups is 2. The maximum atomic E-state index is 13.1. The fraction of sp³-hybridized carbons (Fsp3) is 0.667. The van der Waals surface area contributed by atoms with Gasteiger partial charge in [0, 0.05) is 39.3 Å². The van der Waals surface area contributed by atoms with E-state index in [1.165, 1.54) is 0 Å². The van der Waals surface area contributed by atoms with Crippen molar-refractivity contribution >= 4 is 12.0 Å². The van der Waals surface area contributed by atoms with Gasteiger partial charge in [0.15, 0.2) is 0 Å². The second kappa shape index (κ2) is 11.6. The molecule has 0 spiro atoms. The number of methoxy groups -OCH3 is 1. The van der Waals surface area contributed by atoms with Gasteiger partial charge in [-0.1, -0.05) is 37.3 Å². The smallest absolute Gasteiger partial charge is 0.410 e. The second-order valence-electron chi connectivity index (χ2n) is 8.99. The Morgan fingerprint density at radius 3 is 2.41 bits per heavy atom. The molecule has 0 aromatic heterocycles. The number of amides is 2. The van der Waals surface area contributed by atoms with Crippen molar-refractivity contribution in [3.63, 3.8) is 0 Å². The van der Waals surface area contributed by atoms with Crippen LogP contribution < -0.4 is 10.6 Å². The van der Waals surface area contributed by atoms with Crippen LogP contribution in [0.2, 0.25) is 0 Å². The molecule has 2 N–H and O–H groups in total. The Hall–Kier alpha value is -2.16. The lowest BCUT2D eigenvalue weighted by Crippen LogP contribution is -2.50. The van der Waals surface area contributed by atoms with Crippen LogP contribution in [-0.4, -0.2) is 86.9 Å².